The number of aliphatic hydroxyl groups is 5. The van der Waals surface area contributed by atoms with Crippen molar-refractivity contribution in [3.8, 4) is 0 Å². The van der Waals surface area contributed by atoms with Crippen LogP contribution < -0.4 is 0 Å². The van der Waals surface area contributed by atoms with Crippen molar-refractivity contribution in [2.24, 2.45) is 0 Å². The third-order valence-corrected chi connectivity index (χ3v) is 10.1. The van der Waals surface area contributed by atoms with E-state index in [0.29, 0.717) is 13.0 Å². The summed E-state index contributed by atoms with van der Waals surface area (Å²) < 4.78 is 33.9. The van der Waals surface area contributed by atoms with Crippen molar-refractivity contribution in [1.82, 2.24) is 0 Å². The van der Waals surface area contributed by atoms with Crippen LogP contribution in [0.1, 0.15) is 155 Å². The van der Waals surface area contributed by atoms with Gasteiger partial charge in [0.05, 0.1) is 13.2 Å². The first-order valence-electron chi connectivity index (χ1n) is 19.5. The second-order valence-corrected chi connectivity index (χ2v) is 15.2. The number of hydrogen-bond donors (Lipinski definition) is 6. The fourth-order valence-corrected chi connectivity index (χ4v) is 6.92. The van der Waals surface area contributed by atoms with E-state index in [4.69, 9.17) is 18.5 Å². The lowest BCUT2D eigenvalue weighted by Crippen LogP contribution is -2.64. The molecule has 6 unspecified atom stereocenters. The maximum absolute atomic E-state index is 12.7. The molecule has 13 heteroatoms. The minimum absolute atomic E-state index is 0.0756. The molecular formula is C37H71O12P. The predicted molar refractivity (Wildman–Crippen MR) is 193 cm³/mol. The van der Waals surface area contributed by atoms with Gasteiger partial charge in [-0.3, -0.25) is 13.8 Å². The van der Waals surface area contributed by atoms with Gasteiger partial charge in [0.2, 0.25) is 0 Å². The summed E-state index contributed by atoms with van der Waals surface area (Å²) in [6.07, 6.45) is 15.9. The second-order valence-electron chi connectivity index (χ2n) is 13.8. The Labute approximate surface area is 301 Å². The molecule has 6 atom stereocenters. The van der Waals surface area contributed by atoms with Gasteiger partial charge in [-0.2, -0.15) is 0 Å². The number of allylic oxidation sites excluding steroid dienone is 2. The highest BCUT2D eigenvalue weighted by atomic mass is 31.2. The van der Waals surface area contributed by atoms with E-state index in [0.717, 1.165) is 64.2 Å². The van der Waals surface area contributed by atoms with Gasteiger partial charge in [0.15, 0.2) is 0 Å². The summed E-state index contributed by atoms with van der Waals surface area (Å²) >= 11 is 0. The van der Waals surface area contributed by atoms with Crippen molar-refractivity contribution in [2.75, 3.05) is 19.8 Å². The first kappa shape index (κ1) is 47.1. The third-order valence-electron chi connectivity index (χ3n) is 9.12. The molecule has 12 nitrogen and oxygen atoms in total. The highest BCUT2D eigenvalue weighted by molar-refractivity contribution is 7.47. The number of phosphoric ester groups is 1. The molecule has 1 aliphatic carbocycles. The number of carbonyl (C=O) groups excluding carboxylic acids is 1. The van der Waals surface area contributed by atoms with Crippen LogP contribution in [0, 0.1) is 0 Å². The molecule has 1 fully saturated rings. The van der Waals surface area contributed by atoms with E-state index in [2.05, 4.69) is 26.0 Å². The molecule has 0 aromatic rings. The molecule has 0 radical (unpaired) electrons. The molecule has 50 heavy (non-hydrogen) atoms. The lowest BCUT2D eigenvalue weighted by Gasteiger charge is -2.41. The standard InChI is InChI=1S/C37H71O12P/c1-3-5-7-9-11-13-15-16-17-19-21-23-25-27-46-28-30(48-31(38)26-24-22-20-18-14-12-10-8-6-4-2)29-47-50(44,45)49-37-35(42)33(40)32(39)34(41)36(37)43/h8,10,30,32-37,39-43H,3-7,9,11-29H2,1-2H3,(H,44,45)/b10-8-. The van der Waals surface area contributed by atoms with Crippen LogP contribution in [0.4, 0.5) is 0 Å². The number of ether oxygens (including phenoxy) is 2. The van der Waals surface area contributed by atoms with E-state index < -0.39 is 63.1 Å². The molecule has 0 saturated heterocycles. The second kappa shape index (κ2) is 29.5. The van der Waals surface area contributed by atoms with E-state index in [1.807, 2.05) is 0 Å². The monoisotopic (exact) mass is 738 g/mol. The maximum atomic E-state index is 12.7. The van der Waals surface area contributed by atoms with Crippen molar-refractivity contribution in [3.63, 3.8) is 0 Å². The molecular weight excluding hydrogens is 667 g/mol. The molecule has 0 bridgehead atoms. The summed E-state index contributed by atoms with van der Waals surface area (Å²) in [4.78, 5) is 22.9. The Morgan fingerprint density at radius 3 is 1.66 bits per heavy atom. The lowest BCUT2D eigenvalue weighted by molar-refractivity contribution is -0.220. The van der Waals surface area contributed by atoms with Crippen LogP contribution in [0.5, 0.6) is 0 Å². The zero-order valence-corrected chi connectivity index (χ0v) is 31.8. The smallest absolute Gasteiger partial charge is 0.457 e. The Balaban J connectivity index is 2.47. The van der Waals surface area contributed by atoms with Crippen molar-refractivity contribution in [3.05, 3.63) is 12.2 Å². The highest BCUT2D eigenvalue weighted by Crippen LogP contribution is 2.47. The zero-order valence-electron chi connectivity index (χ0n) is 31.0. The summed E-state index contributed by atoms with van der Waals surface area (Å²) in [6.45, 7) is 4.16. The Hall–Kier alpha value is -0.920. The first-order valence-corrected chi connectivity index (χ1v) is 21.0. The molecule has 0 aromatic carbocycles. The summed E-state index contributed by atoms with van der Waals surface area (Å²) in [7, 11) is -5.00. The summed E-state index contributed by atoms with van der Waals surface area (Å²) in [5, 5.41) is 49.9. The third kappa shape index (κ3) is 22.2. The fraction of sp³-hybridized carbons (Fsp3) is 0.919. The normalized spacial score (nSPS) is 24.4. The quantitative estimate of drug-likeness (QED) is 0.0193. The molecule has 0 aromatic heterocycles. The van der Waals surface area contributed by atoms with Crippen LogP contribution in [-0.4, -0.2) is 98.9 Å². The van der Waals surface area contributed by atoms with E-state index >= 15 is 0 Å². The summed E-state index contributed by atoms with van der Waals surface area (Å²) in [5.74, 6) is -0.488. The highest BCUT2D eigenvalue weighted by Gasteiger charge is 2.51. The van der Waals surface area contributed by atoms with Crippen molar-refractivity contribution >= 4 is 13.8 Å². The van der Waals surface area contributed by atoms with Crippen LogP contribution >= 0.6 is 7.82 Å². The minimum Gasteiger partial charge on any atom is -0.457 e. The van der Waals surface area contributed by atoms with Gasteiger partial charge in [0, 0.05) is 13.0 Å². The molecule has 0 spiro atoms. The SMILES string of the molecule is CCC/C=C\CCCCCCCC(=O)OC(COCCCCCCCCCCCCCCC)COP(=O)(O)OC1C(O)C(O)C(O)C(O)C1O. The van der Waals surface area contributed by atoms with Crippen molar-refractivity contribution in [1.29, 1.82) is 0 Å². The largest absolute Gasteiger partial charge is 0.472 e. The first-order chi connectivity index (χ1) is 24.0. The Kier molecular flexibility index (Phi) is 27.8. The number of unbranched alkanes of at least 4 members (excludes halogenated alkanes) is 18. The van der Waals surface area contributed by atoms with Crippen LogP contribution in [0.15, 0.2) is 12.2 Å². The fourth-order valence-electron chi connectivity index (χ4n) is 5.94. The number of rotatable bonds is 32. The molecule has 0 heterocycles. The van der Waals surface area contributed by atoms with Gasteiger partial charge >= 0.3 is 13.8 Å². The van der Waals surface area contributed by atoms with Gasteiger partial charge < -0.3 is 39.9 Å². The van der Waals surface area contributed by atoms with E-state index in [9.17, 15) is 39.8 Å². The Bertz CT molecular complexity index is 890. The van der Waals surface area contributed by atoms with Crippen LogP contribution in [0.25, 0.3) is 0 Å². The van der Waals surface area contributed by atoms with Gasteiger partial charge in [-0.1, -0.05) is 129 Å². The van der Waals surface area contributed by atoms with Crippen LogP contribution in [-0.2, 0) is 27.9 Å². The zero-order chi connectivity index (χ0) is 37.0. The molecule has 0 aliphatic heterocycles. The van der Waals surface area contributed by atoms with Gasteiger partial charge in [-0.15, -0.1) is 0 Å². The van der Waals surface area contributed by atoms with Gasteiger partial charge in [0.25, 0.3) is 0 Å². The average Bonchev–Trinajstić information content (AvgIpc) is 3.09. The predicted octanol–water partition coefficient (Wildman–Crippen LogP) is 6.41. The summed E-state index contributed by atoms with van der Waals surface area (Å²) in [5.41, 5.74) is 0. The minimum atomic E-state index is -5.00. The Morgan fingerprint density at radius 1 is 0.620 bits per heavy atom. The molecule has 1 saturated carbocycles. The topological polar surface area (TPSA) is 192 Å². The van der Waals surface area contributed by atoms with Crippen molar-refractivity contribution < 1.29 is 58.3 Å². The molecule has 1 aliphatic rings. The number of carbonyl (C=O) groups is 1. The van der Waals surface area contributed by atoms with Gasteiger partial charge in [-0.05, 0) is 32.1 Å². The number of aliphatic hydroxyl groups excluding tert-OH is 5. The van der Waals surface area contributed by atoms with Crippen LogP contribution in [0.2, 0.25) is 0 Å². The van der Waals surface area contributed by atoms with E-state index in [1.165, 1.54) is 64.2 Å². The number of esters is 1. The Morgan fingerprint density at radius 2 is 1.10 bits per heavy atom. The number of hydrogen-bond acceptors (Lipinski definition) is 11. The number of phosphoric acid groups is 1. The van der Waals surface area contributed by atoms with Gasteiger partial charge in [0.1, 0.15) is 42.7 Å². The lowest BCUT2D eigenvalue weighted by atomic mass is 9.85. The molecule has 0 amide bonds. The average molecular weight is 739 g/mol. The molecule has 6 N–H and O–H groups in total. The van der Waals surface area contributed by atoms with Crippen molar-refractivity contribution in [2.45, 2.75) is 198 Å². The van der Waals surface area contributed by atoms with E-state index in [1.54, 1.807) is 0 Å². The van der Waals surface area contributed by atoms with Crippen LogP contribution in [0.3, 0.4) is 0 Å². The summed E-state index contributed by atoms with van der Waals surface area (Å²) in [6, 6.07) is 0. The molecule has 1 rings (SSSR count). The maximum Gasteiger partial charge on any atom is 0.472 e. The molecule has 296 valence electrons. The van der Waals surface area contributed by atoms with Gasteiger partial charge in [-0.25, -0.2) is 4.57 Å². The van der Waals surface area contributed by atoms with E-state index in [-0.39, 0.29) is 13.0 Å².